The molecule has 0 aliphatic carbocycles. The predicted octanol–water partition coefficient (Wildman–Crippen LogP) is 4.78. The average Bonchev–Trinajstić information content (AvgIpc) is 2.75. The summed E-state index contributed by atoms with van der Waals surface area (Å²) in [5.74, 6) is -2.51. The maximum Gasteiger partial charge on any atom is 0.328 e. The molecule has 31 heavy (non-hydrogen) atoms. The van der Waals surface area contributed by atoms with E-state index in [9.17, 15) is 9.59 Å². The summed E-state index contributed by atoms with van der Waals surface area (Å²) in [5.41, 5.74) is 15.1. The average molecular weight is 418 g/mol. The molecule has 5 heteroatoms. The molecular weight excluding hydrogens is 390 g/mol. The summed E-state index contributed by atoms with van der Waals surface area (Å²) >= 11 is 0. The van der Waals surface area contributed by atoms with Gasteiger partial charge in [0.15, 0.2) is 0 Å². The van der Waals surface area contributed by atoms with Gasteiger partial charge in [0.25, 0.3) is 0 Å². The predicted molar refractivity (Wildman–Crippen MR) is 123 cm³/mol. The molecule has 3 aromatic rings. The highest BCUT2D eigenvalue weighted by Crippen LogP contribution is 2.28. The van der Waals surface area contributed by atoms with Crippen molar-refractivity contribution < 1.29 is 19.8 Å². The zero-order chi connectivity index (χ0) is 22.8. The van der Waals surface area contributed by atoms with Gasteiger partial charge < -0.3 is 15.9 Å². The van der Waals surface area contributed by atoms with Crippen LogP contribution in [0.4, 0.5) is 5.69 Å². The van der Waals surface area contributed by atoms with Gasteiger partial charge in [-0.1, -0.05) is 60.7 Å². The van der Waals surface area contributed by atoms with Crippen molar-refractivity contribution in [2.75, 3.05) is 5.73 Å². The van der Waals surface area contributed by atoms with Crippen LogP contribution in [-0.4, -0.2) is 22.2 Å². The number of hydrogen-bond donors (Lipinski definition) is 3. The monoisotopic (exact) mass is 417 g/mol. The Morgan fingerprint density at radius 1 is 0.774 bits per heavy atom. The Balaban J connectivity index is 0.000000366. The maximum atomic E-state index is 9.55. The summed E-state index contributed by atoms with van der Waals surface area (Å²) in [6, 6.07) is 23.4. The zero-order valence-electron chi connectivity index (χ0n) is 17.7. The molecule has 0 unspecified atom stereocenters. The molecule has 0 amide bonds. The third kappa shape index (κ3) is 7.48. The van der Waals surface area contributed by atoms with Gasteiger partial charge in [-0.2, -0.15) is 0 Å². The van der Waals surface area contributed by atoms with Crippen LogP contribution < -0.4 is 5.73 Å². The summed E-state index contributed by atoms with van der Waals surface area (Å²) in [5, 5.41) is 15.6. The van der Waals surface area contributed by atoms with Gasteiger partial charge in [0, 0.05) is 17.8 Å². The van der Waals surface area contributed by atoms with E-state index < -0.39 is 11.9 Å². The number of carbonyl (C=O) groups is 2. The molecule has 0 aliphatic heterocycles. The highest BCUT2D eigenvalue weighted by atomic mass is 16.4. The topological polar surface area (TPSA) is 101 Å². The lowest BCUT2D eigenvalue weighted by molar-refractivity contribution is -0.134. The van der Waals surface area contributed by atoms with Crippen molar-refractivity contribution in [3.8, 4) is 0 Å². The van der Waals surface area contributed by atoms with Gasteiger partial charge in [-0.25, -0.2) is 9.59 Å². The number of carboxylic acids is 2. The second-order valence-electron chi connectivity index (χ2n) is 7.19. The molecular formula is C26H27NO4. The zero-order valence-corrected chi connectivity index (χ0v) is 17.7. The van der Waals surface area contributed by atoms with E-state index in [-0.39, 0.29) is 0 Å². The van der Waals surface area contributed by atoms with E-state index in [0.29, 0.717) is 12.2 Å². The first-order valence-electron chi connectivity index (χ1n) is 9.87. The van der Waals surface area contributed by atoms with E-state index in [2.05, 4.69) is 80.6 Å². The Kier molecular flexibility index (Phi) is 8.58. The lowest BCUT2D eigenvalue weighted by Crippen LogP contribution is -2.05. The normalized spacial score (nSPS) is 10.4. The summed E-state index contributed by atoms with van der Waals surface area (Å²) < 4.78 is 0. The van der Waals surface area contributed by atoms with Gasteiger partial charge in [0.2, 0.25) is 0 Å². The van der Waals surface area contributed by atoms with E-state index in [1.807, 2.05) is 0 Å². The van der Waals surface area contributed by atoms with Crippen LogP contribution in [-0.2, 0) is 22.4 Å². The molecule has 0 saturated carbocycles. The Morgan fingerprint density at radius 3 is 1.68 bits per heavy atom. The van der Waals surface area contributed by atoms with E-state index in [1.165, 1.54) is 33.4 Å². The first kappa shape index (κ1) is 23.4. The fourth-order valence-corrected chi connectivity index (χ4v) is 3.23. The van der Waals surface area contributed by atoms with E-state index >= 15 is 0 Å². The molecule has 3 aromatic carbocycles. The van der Waals surface area contributed by atoms with Crippen LogP contribution in [0.5, 0.6) is 0 Å². The summed E-state index contributed by atoms with van der Waals surface area (Å²) in [6.07, 6.45) is 2.99. The van der Waals surface area contributed by atoms with E-state index in [4.69, 9.17) is 15.9 Å². The Morgan fingerprint density at radius 2 is 1.23 bits per heavy atom. The number of nitrogen functional groups attached to an aromatic ring is 1. The number of benzene rings is 3. The Labute approximate surface area is 182 Å². The first-order valence-corrected chi connectivity index (χ1v) is 9.87. The van der Waals surface area contributed by atoms with E-state index in [0.717, 1.165) is 18.5 Å². The van der Waals surface area contributed by atoms with Crippen molar-refractivity contribution in [3.05, 3.63) is 112 Å². The molecule has 160 valence electrons. The molecule has 0 heterocycles. The van der Waals surface area contributed by atoms with Gasteiger partial charge in [0.1, 0.15) is 0 Å². The minimum Gasteiger partial charge on any atom is -0.478 e. The second kappa shape index (κ2) is 11.4. The smallest absolute Gasteiger partial charge is 0.328 e. The fraction of sp³-hybridized carbons (Fsp3) is 0.154. The number of carboxylic acid groups (broad SMARTS) is 2. The molecule has 0 radical (unpaired) electrons. The summed E-state index contributed by atoms with van der Waals surface area (Å²) in [4.78, 5) is 19.1. The van der Waals surface area contributed by atoms with Crippen molar-refractivity contribution in [3.63, 3.8) is 0 Å². The molecule has 0 saturated heterocycles. The number of rotatable bonds is 6. The van der Waals surface area contributed by atoms with Crippen LogP contribution in [0.2, 0.25) is 0 Å². The Hall–Kier alpha value is -3.86. The minimum absolute atomic E-state index is 0.558. The van der Waals surface area contributed by atoms with Gasteiger partial charge >= 0.3 is 11.9 Å². The van der Waals surface area contributed by atoms with Crippen molar-refractivity contribution >= 4 is 17.6 Å². The van der Waals surface area contributed by atoms with Crippen LogP contribution in [0.15, 0.2) is 78.9 Å². The molecule has 3 rings (SSSR count). The summed E-state index contributed by atoms with van der Waals surface area (Å²) in [6.45, 7) is 4.31. The Bertz CT molecular complexity index is 1040. The number of anilines is 1. The van der Waals surface area contributed by atoms with Crippen LogP contribution in [0.3, 0.4) is 0 Å². The molecule has 0 bridgehead atoms. The molecule has 4 N–H and O–H groups in total. The molecule has 0 spiro atoms. The van der Waals surface area contributed by atoms with Crippen LogP contribution in [0.1, 0.15) is 33.4 Å². The molecule has 5 nitrogen and oxygen atoms in total. The molecule has 0 aliphatic rings. The summed E-state index contributed by atoms with van der Waals surface area (Å²) in [7, 11) is 0. The maximum absolute atomic E-state index is 9.55. The highest BCUT2D eigenvalue weighted by Gasteiger charge is 2.12. The van der Waals surface area contributed by atoms with E-state index in [1.54, 1.807) is 0 Å². The number of aliphatic carboxylic acids is 2. The van der Waals surface area contributed by atoms with Crippen molar-refractivity contribution in [1.82, 2.24) is 0 Å². The second-order valence-corrected chi connectivity index (χ2v) is 7.19. The first-order chi connectivity index (χ1) is 14.8. The van der Waals surface area contributed by atoms with Gasteiger partial charge in [0.05, 0.1) is 0 Å². The van der Waals surface area contributed by atoms with Crippen LogP contribution in [0, 0.1) is 13.8 Å². The largest absolute Gasteiger partial charge is 0.478 e. The number of hydrogen-bond acceptors (Lipinski definition) is 3. The lowest BCUT2D eigenvalue weighted by Gasteiger charge is -2.17. The molecule has 0 atom stereocenters. The minimum atomic E-state index is -1.26. The highest BCUT2D eigenvalue weighted by molar-refractivity contribution is 5.89. The molecule has 0 aromatic heterocycles. The van der Waals surface area contributed by atoms with Gasteiger partial charge in [-0.15, -0.1) is 0 Å². The van der Waals surface area contributed by atoms with Gasteiger partial charge in [-0.3, -0.25) is 0 Å². The third-order valence-corrected chi connectivity index (χ3v) is 5.00. The van der Waals surface area contributed by atoms with Crippen LogP contribution in [0.25, 0.3) is 0 Å². The van der Waals surface area contributed by atoms with Gasteiger partial charge in [-0.05, 0) is 66.1 Å². The van der Waals surface area contributed by atoms with Crippen LogP contribution >= 0.6 is 0 Å². The van der Waals surface area contributed by atoms with Crippen molar-refractivity contribution in [2.24, 2.45) is 0 Å². The standard InChI is InChI=1S/C22H23N.C4H4O4/c1-16-17(2)22(23)15-20(13-18-9-5-3-6-10-18)21(16)14-19-11-7-4-8-12-19;5-3(6)1-2-4(7)8/h3-12,15H,13-14,23H2,1-2H3;1-2H,(H,5,6)(H,7,8)/b;2-1+. The number of nitrogens with two attached hydrogens (primary N) is 1. The van der Waals surface area contributed by atoms with Crippen molar-refractivity contribution in [1.29, 1.82) is 0 Å². The SMILES string of the molecule is Cc1c(N)cc(Cc2ccccc2)c(Cc2ccccc2)c1C.O=C(O)/C=C/C(=O)O. The fourth-order valence-electron chi connectivity index (χ4n) is 3.23. The van der Waals surface area contributed by atoms with Crippen molar-refractivity contribution in [2.45, 2.75) is 26.7 Å². The quantitative estimate of drug-likeness (QED) is 0.396. The third-order valence-electron chi connectivity index (χ3n) is 5.00. The molecule has 0 fully saturated rings. The lowest BCUT2D eigenvalue weighted by atomic mass is 9.88.